The summed E-state index contributed by atoms with van der Waals surface area (Å²) in [7, 11) is 0. The number of aryl methyl sites for hydroxylation is 2. The van der Waals surface area contributed by atoms with Gasteiger partial charge in [0.15, 0.2) is 0 Å². The first kappa shape index (κ1) is 16.9. The van der Waals surface area contributed by atoms with Crippen LogP contribution >= 0.6 is 15.9 Å². The van der Waals surface area contributed by atoms with Crippen LogP contribution in [0.25, 0.3) is 0 Å². The second-order valence-corrected chi connectivity index (χ2v) is 7.01. The number of hydrogen-bond donors (Lipinski definition) is 1. The predicted molar refractivity (Wildman–Crippen MR) is 99.7 cm³/mol. The number of piperidine rings is 1. The molecule has 0 atom stereocenters. The van der Waals surface area contributed by atoms with Crippen LogP contribution in [0.15, 0.2) is 28.7 Å². The highest BCUT2D eigenvalue weighted by atomic mass is 79.9. The number of carbonyl (C=O) groups excluding carboxylic acids is 1. The Bertz CT molecular complexity index is 757. The zero-order valence-electron chi connectivity index (χ0n) is 14.0. The SMILES string of the molecule is Cc1cc(C(=O)Nc2ccc(C)c(Br)c2)nc(N2CCCCC2)n1. The minimum absolute atomic E-state index is 0.213. The number of nitrogens with one attached hydrogen (secondary N) is 1. The molecular formula is C18H21BrN4O. The average molecular weight is 389 g/mol. The van der Waals surface area contributed by atoms with E-state index in [9.17, 15) is 4.79 Å². The molecule has 6 heteroatoms. The third-order valence-electron chi connectivity index (χ3n) is 4.14. The van der Waals surface area contributed by atoms with Gasteiger partial charge in [-0.15, -0.1) is 0 Å². The van der Waals surface area contributed by atoms with Crippen LogP contribution in [-0.2, 0) is 0 Å². The highest BCUT2D eigenvalue weighted by molar-refractivity contribution is 9.10. The molecule has 1 aromatic heterocycles. The molecule has 5 nitrogen and oxygen atoms in total. The summed E-state index contributed by atoms with van der Waals surface area (Å²) in [6, 6.07) is 7.47. The third kappa shape index (κ3) is 3.93. The molecule has 1 saturated heterocycles. The number of rotatable bonds is 3. The van der Waals surface area contributed by atoms with E-state index < -0.39 is 0 Å². The maximum Gasteiger partial charge on any atom is 0.274 e. The molecule has 3 rings (SSSR count). The topological polar surface area (TPSA) is 58.1 Å². The van der Waals surface area contributed by atoms with Gasteiger partial charge in [0.1, 0.15) is 5.69 Å². The molecule has 2 heterocycles. The van der Waals surface area contributed by atoms with E-state index in [4.69, 9.17) is 0 Å². The highest BCUT2D eigenvalue weighted by Crippen LogP contribution is 2.21. The lowest BCUT2D eigenvalue weighted by Crippen LogP contribution is -2.31. The van der Waals surface area contributed by atoms with Crippen LogP contribution in [0.4, 0.5) is 11.6 Å². The van der Waals surface area contributed by atoms with Crippen molar-refractivity contribution in [3.8, 4) is 0 Å². The monoisotopic (exact) mass is 388 g/mol. The summed E-state index contributed by atoms with van der Waals surface area (Å²) in [5, 5.41) is 2.91. The van der Waals surface area contributed by atoms with E-state index >= 15 is 0 Å². The van der Waals surface area contributed by atoms with E-state index in [1.54, 1.807) is 6.07 Å². The Balaban J connectivity index is 1.81. The molecule has 0 aliphatic carbocycles. The first-order chi connectivity index (χ1) is 11.5. The van der Waals surface area contributed by atoms with Crippen molar-refractivity contribution in [3.05, 3.63) is 45.7 Å². The molecule has 1 amide bonds. The minimum Gasteiger partial charge on any atom is -0.341 e. The molecule has 1 aliphatic heterocycles. The Hall–Kier alpha value is -1.95. The van der Waals surface area contributed by atoms with Gasteiger partial charge >= 0.3 is 0 Å². The maximum absolute atomic E-state index is 12.6. The summed E-state index contributed by atoms with van der Waals surface area (Å²) >= 11 is 3.48. The number of hydrogen-bond acceptors (Lipinski definition) is 4. The smallest absolute Gasteiger partial charge is 0.274 e. The number of nitrogens with zero attached hydrogens (tertiary/aromatic N) is 3. The van der Waals surface area contributed by atoms with Gasteiger partial charge in [0.05, 0.1) is 0 Å². The standard InChI is InChI=1S/C18H21BrN4O/c1-12-6-7-14(11-15(12)19)21-17(24)16-10-13(2)20-18(22-16)23-8-4-3-5-9-23/h6-7,10-11H,3-5,8-9H2,1-2H3,(H,21,24). The van der Waals surface area contributed by atoms with E-state index in [0.29, 0.717) is 11.6 Å². The Morgan fingerprint density at radius 1 is 1.12 bits per heavy atom. The fraction of sp³-hybridized carbons (Fsp3) is 0.389. The molecule has 24 heavy (non-hydrogen) atoms. The summed E-state index contributed by atoms with van der Waals surface area (Å²) in [5.41, 5.74) is 3.08. The van der Waals surface area contributed by atoms with Crippen molar-refractivity contribution in [2.24, 2.45) is 0 Å². The van der Waals surface area contributed by atoms with Gasteiger partial charge < -0.3 is 10.2 Å². The number of amides is 1. The molecule has 1 aliphatic rings. The number of carbonyl (C=O) groups is 1. The summed E-state index contributed by atoms with van der Waals surface area (Å²) in [6.07, 6.45) is 3.55. The normalized spacial score (nSPS) is 14.5. The Morgan fingerprint density at radius 3 is 2.58 bits per heavy atom. The van der Waals surface area contributed by atoms with Crippen LogP contribution in [0.5, 0.6) is 0 Å². The van der Waals surface area contributed by atoms with E-state index in [-0.39, 0.29) is 5.91 Å². The van der Waals surface area contributed by atoms with Crippen LogP contribution in [0.1, 0.15) is 41.0 Å². The molecule has 126 valence electrons. The first-order valence-corrected chi connectivity index (χ1v) is 9.00. The van der Waals surface area contributed by atoms with E-state index in [0.717, 1.165) is 47.3 Å². The number of aromatic nitrogens is 2. The third-order valence-corrected chi connectivity index (χ3v) is 5.00. The van der Waals surface area contributed by atoms with Gasteiger partial charge in [0.2, 0.25) is 5.95 Å². The quantitative estimate of drug-likeness (QED) is 0.859. The van der Waals surface area contributed by atoms with Gasteiger partial charge in [-0.25, -0.2) is 9.97 Å². The average Bonchev–Trinajstić information content (AvgIpc) is 2.58. The maximum atomic E-state index is 12.6. The lowest BCUT2D eigenvalue weighted by molar-refractivity contribution is 0.102. The van der Waals surface area contributed by atoms with Gasteiger partial charge in [-0.3, -0.25) is 4.79 Å². The molecule has 0 spiro atoms. The van der Waals surface area contributed by atoms with Gasteiger partial charge in [-0.2, -0.15) is 0 Å². The predicted octanol–water partition coefficient (Wildman–Crippen LogP) is 4.10. The Morgan fingerprint density at radius 2 is 1.88 bits per heavy atom. The first-order valence-electron chi connectivity index (χ1n) is 8.21. The fourth-order valence-electron chi connectivity index (χ4n) is 2.77. The van der Waals surface area contributed by atoms with Crippen molar-refractivity contribution in [1.82, 2.24) is 9.97 Å². The second-order valence-electron chi connectivity index (χ2n) is 6.16. The summed E-state index contributed by atoms with van der Waals surface area (Å²) in [6.45, 7) is 5.81. The summed E-state index contributed by atoms with van der Waals surface area (Å²) in [4.78, 5) is 23.7. The summed E-state index contributed by atoms with van der Waals surface area (Å²) in [5.74, 6) is 0.444. The van der Waals surface area contributed by atoms with E-state index in [1.807, 2.05) is 32.0 Å². The van der Waals surface area contributed by atoms with Gasteiger partial charge in [-0.1, -0.05) is 22.0 Å². The van der Waals surface area contributed by atoms with Crippen molar-refractivity contribution >= 4 is 33.5 Å². The molecule has 2 aromatic rings. The molecule has 0 saturated carbocycles. The van der Waals surface area contributed by atoms with Crippen molar-refractivity contribution in [2.45, 2.75) is 33.1 Å². The molecular weight excluding hydrogens is 368 g/mol. The van der Waals surface area contributed by atoms with Crippen LogP contribution in [-0.4, -0.2) is 29.0 Å². The zero-order chi connectivity index (χ0) is 17.1. The van der Waals surface area contributed by atoms with Crippen LogP contribution < -0.4 is 10.2 Å². The summed E-state index contributed by atoms with van der Waals surface area (Å²) < 4.78 is 0.966. The lowest BCUT2D eigenvalue weighted by atomic mass is 10.1. The highest BCUT2D eigenvalue weighted by Gasteiger charge is 2.17. The second kappa shape index (κ2) is 7.30. The van der Waals surface area contributed by atoms with Crippen molar-refractivity contribution in [1.29, 1.82) is 0 Å². The molecule has 1 aromatic carbocycles. The van der Waals surface area contributed by atoms with Crippen LogP contribution in [0.3, 0.4) is 0 Å². The molecule has 0 radical (unpaired) electrons. The van der Waals surface area contributed by atoms with E-state index in [2.05, 4.69) is 36.1 Å². The van der Waals surface area contributed by atoms with Crippen molar-refractivity contribution < 1.29 is 4.79 Å². The minimum atomic E-state index is -0.213. The van der Waals surface area contributed by atoms with Gasteiger partial charge in [0.25, 0.3) is 5.91 Å². The number of halogens is 1. The lowest BCUT2D eigenvalue weighted by Gasteiger charge is -2.27. The van der Waals surface area contributed by atoms with Gasteiger partial charge in [-0.05, 0) is 56.9 Å². The molecule has 1 N–H and O–H groups in total. The largest absolute Gasteiger partial charge is 0.341 e. The molecule has 0 bridgehead atoms. The molecule has 1 fully saturated rings. The van der Waals surface area contributed by atoms with Crippen molar-refractivity contribution in [2.75, 3.05) is 23.3 Å². The zero-order valence-corrected chi connectivity index (χ0v) is 15.6. The number of benzene rings is 1. The van der Waals surface area contributed by atoms with Gasteiger partial charge in [0, 0.05) is 28.9 Å². The van der Waals surface area contributed by atoms with Crippen LogP contribution in [0.2, 0.25) is 0 Å². The van der Waals surface area contributed by atoms with E-state index in [1.165, 1.54) is 6.42 Å². The fourth-order valence-corrected chi connectivity index (χ4v) is 3.15. The van der Waals surface area contributed by atoms with Crippen molar-refractivity contribution in [3.63, 3.8) is 0 Å². The molecule has 0 unspecified atom stereocenters. The van der Waals surface area contributed by atoms with Crippen LogP contribution in [0, 0.1) is 13.8 Å². The Kier molecular flexibility index (Phi) is 5.14. The number of anilines is 2. The Labute approximate surface area is 150 Å².